The number of hydrogen-bond acceptors (Lipinski definition) is 5. The Bertz CT molecular complexity index is 1090. The first-order valence-electron chi connectivity index (χ1n) is 10.6. The summed E-state index contributed by atoms with van der Waals surface area (Å²) in [6.45, 7) is 10.6. The highest BCUT2D eigenvalue weighted by molar-refractivity contribution is 5.86. The Labute approximate surface area is 176 Å². The van der Waals surface area contributed by atoms with Crippen molar-refractivity contribution in [2.45, 2.75) is 53.6 Å². The molecule has 2 aliphatic rings. The Morgan fingerprint density at radius 2 is 1.83 bits per heavy atom. The first-order chi connectivity index (χ1) is 14.0. The number of rotatable bonds is 3. The molecule has 1 unspecified atom stereocenters. The lowest BCUT2D eigenvalue weighted by Crippen LogP contribution is -2.65. The van der Waals surface area contributed by atoms with E-state index >= 15 is 0 Å². The van der Waals surface area contributed by atoms with Gasteiger partial charge in [-0.05, 0) is 37.0 Å². The molecular weight excluding hydrogens is 380 g/mol. The zero-order valence-electron chi connectivity index (χ0n) is 18.3. The summed E-state index contributed by atoms with van der Waals surface area (Å²) in [6, 6.07) is 8.61. The van der Waals surface area contributed by atoms with Gasteiger partial charge in [-0.25, -0.2) is 4.79 Å². The van der Waals surface area contributed by atoms with Crippen LogP contribution < -0.4 is 10.4 Å². The molecule has 5 heteroatoms. The summed E-state index contributed by atoms with van der Waals surface area (Å²) in [7, 11) is 0. The van der Waals surface area contributed by atoms with E-state index in [1.165, 1.54) is 6.07 Å². The summed E-state index contributed by atoms with van der Waals surface area (Å²) >= 11 is 0. The van der Waals surface area contributed by atoms with Gasteiger partial charge in [-0.3, -0.25) is 4.79 Å². The van der Waals surface area contributed by atoms with E-state index in [1.807, 2.05) is 39.0 Å². The molecule has 1 heterocycles. The maximum absolute atomic E-state index is 12.8. The number of hydrogen-bond donors (Lipinski definition) is 1. The number of carbonyl (C=O) groups is 1. The fraction of sp³-hybridized carbons (Fsp3) is 0.520. The predicted octanol–water partition coefficient (Wildman–Crippen LogP) is 4.51. The second-order valence-electron chi connectivity index (χ2n) is 9.84. The van der Waals surface area contributed by atoms with Gasteiger partial charge in [-0.15, -0.1) is 0 Å². The number of ketones is 1. The molecular formula is C25H30O5. The molecule has 1 N–H and O–H groups in total. The van der Waals surface area contributed by atoms with Crippen LogP contribution in [0.1, 0.15) is 47.5 Å². The van der Waals surface area contributed by atoms with Crippen molar-refractivity contribution in [3.8, 4) is 5.75 Å². The number of Topliss-reactive ketones (excluding diaryl/α,β-unsaturated/α-hetero) is 1. The third-order valence-electron chi connectivity index (χ3n) is 8.40. The quantitative estimate of drug-likeness (QED) is 0.595. The fourth-order valence-corrected chi connectivity index (χ4v) is 5.85. The van der Waals surface area contributed by atoms with Crippen molar-refractivity contribution in [1.82, 2.24) is 0 Å². The average molecular weight is 411 g/mol. The lowest BCUT2D eigenvalue weighted by atomic mass is 9.40. The largest absolute Gasteiger partial charge is 0.493 e. The molecule has 1 aromatic heterocycles. The Morgan fingerprint density at radius 1 is 1.13 bits per heavy atom. The van der Waals surface area contributed by atoms with Crippen LogP contribution >= 0.6 is 0 Å². The highest BCUT2D eigenvalue weighted by atomic mass is 16.5. The SMILES string of the molecule is CC1=CC(O)[C@]2(C)C(C)(C)C(=O)CC[C@@]2(C)[C@@H]1COc1ccc2ccc(=O)oc2c1. The van der Waals surface area contributed by atoms with E-state index in [1.54, 1.807) is 12.1 Å². The first-order valence-corrected chi connectivity index (χ1v) is 10.6. The number of aliphatic hydroxyl groups is 1. The van der Waals surface area contributed by atoms with Crippen molar-refractivity contribution in [2.75, 3.05) is 6.61 Å². The van der Waals surface area contributed by atoms with Gasteiger partial charge in [-0.2, -0.15) is 0 Å². The smallest absolute Gasteiger partial charge is 0.336 e. The van der Waals surface area contributed by atoms with Gasteiger partial charge in [0.05, 0.1) is 12.7 Å². The molecule has 1 saturated carbocycles. The summed E-state index contributed by atoms with van der Waals surface area (Å²) in [4.78, 5) is 24.3. The molecule has 30 heavy (non-hydrogen) atoms. The molecule has 4 rings (SSSR count). The van der Waals surface area contributed by atoms with E-state index in [9.17, 15) is 14.7 Å². The Morgan fingerprint density at radius 3 is 2.57 bits per heavy atom. The van der Waals surface area contributed by atoms with Gasteiger partial charge in [0.2, 0.25) is 0 Å². The number of benzene rings is 1. The van der Waals surface area contributed by atoms with Crippen LogP contribution in [0.3, 0.4) is 0 Å². The fourth-order valence-electron chi connectivity index (χ4n) is 5.85. The summed E-state index contributed by atoms with van der Waals surface area (Å²) < 4.78 is 11.5. The van der Waals surface area contributed by atoms with E-state index in [2.05, 4.69) is 13.8 Å². The zero-order valence-corrected chi connectivity index (χ0v) is 18.3. The molecule has 2 aliphatic carbocycles. The van der Waals surface area contributed by atoms with Gasteiger partial charge >= 0.3 is 5.63 Å². The standard InChI is InChI=1S/C25H30O5/c1-15-12-21(27)25(5)23(2,3)20(26)10-11-24(25,4)18(15)14-29-17-8-6-16-7-9-22(28)30-19(16)13-17/h6-9,12-13,18,21,27H,10-11,14H2,1-5H3/t18-,21?,24+,25-/m1/s1. The van der Waals surface area contributed by atoms with Crippen LogP contribution in [0.4, 0.5) is 0 Å². The lowest BCUT2D eigenvalue weighted by Gasteiger charge is -2.64. The molecule has 1 fully saturated rings. The van der Waals surface area contributed by atoms with Gasteiger partial charge in [0.15, 0.2) is 0 Å². The minimum atomic E-state index is -0.687. The van der Waals surface area contributed by atoms with Crippen molar-refractivity contribution >= 4 is 16.8 Å². The second kappa shape index (κ2) is 6.81. The van der Waals surface area contributed by atoms with Gasteiger partial charge in [0.1, 0.15) is 17.1 Å². The molecule has 2 aromatic rings. The molecule has 5 nitrogen and oxygen atoms in total. The minimum Gasteiger partial charge on any atom is -0.493 e. The third kappa shape index (κ3) is 2.78. The molecule has 0 aliphatic heterocycles. The van der Waals surface area contributed by atoms with Crippen LogP contribution in [-0.2, 0) is 4.79 Å². The molecule has 0 amide bonds. The normalized spacial score (nSPS) is 33.1. The maximum Gasteiger partial charge on any atom is 0.336 e. The number of aliphatic hydroxyl groups excluding tert-OH is 1. The summed E-state index contributed by atoms with van der Waals surface area (Å²) in [5, 5.41) is 11.9. The van der Waals surface area contributed by atoms with Crippen LogP contribution in [0, 0.1) is 22.2 Å². The van der Waals surface area contributed by atoms with Crippen LogP contribution in [0.15, 0.2) is 51.2 Å². The van der Waals surface area contributed by atoms with E-state index in [0.29, 0.717) is 30.8 Å². The van der Waals surface area contributed by atoms with Gasteiger partial charge in [0.25, 0.3) is 0 Å². The zero-order chi connectivity index (χ0) is 21.9. The van der Waals surface area contributed by atoms with Crippen LogP contribution in [0.2, 0.25) is 0 Å². The number of carbonyl (C=O) groups excluding carboxylic acids is 1. The molecule has 0 radical (unpaired) electrons. The van der Waals surface area contributed by atoms with Gasteiger partial charge in [0, 0.05) is 40.7 Å². The third-order valence-corrected chi connectivity index (χ3v) is 8.40. The van der Waals surface area contributed by atoms with Gasteiger partial charge < -0.3 is 14.3 Å². The molecule has 0 spiro atoms. The molecule has 1 aromatic carbocycles. The first kappa shape index (κ1) is 20.9. The molecule has 4 atom stereocenters. The van der Waals surface area contributed by atoms with Crippen molar-refractivity contribution in [1.29, 1.82) is 0 Å². The van der Waals surface area contributed by atoms with Crippen LogP contribution in [0.25, 0.3) is 11.0 Å². The van der Waals surface area contributed by atoms with E-state index in [-0.39, 0.29) is 17.1 Å². The van der Waals surface area contributed by atoms with Crippen molar-refractivity contribution < 1.29 is 19.1 Å². The van der Waals surface area contributed by atoms with E-state index in [4.69, 9.17) is 9.15 Å². The van der Waals surface area contributed by atoms with Crippen LogP contribution in [-0.4, -0.2) is 23.6 Å². The second-order valence-corrected chi connectivity index (χ2v) is 9.84. The minimum absolute atomic E-state index is 0.0525. The summed E-state index contributed by atoms with van der Waals surface area (Å²) in [5.41, 5.74) is -0.351. The lowest BCUT2D eigenvalue weighted by molar-refractivity contribution is -0.186. The highest BCUT2D eigenvalue weighted by Crippen LogP contribution is 2.66. The molecule has 0 saturated heterocycles. The van der Waals surface area contributed by atoms with Crippen molar-refractivity contribution in [2.24, 2.45) is 22.2 Å². The Kier molecular flexibility index (Phi) is 4.73. The van der Waals surface area contributed by atoms with E-state index < -0.39 is 22.6 Å². The highest BCUT2D eigenvalue weighted by Gasteiger charge is 2.66. The number of fused-ring (bicyclic) bond motifs is 2. The van der Waals surface area contributed by atoms with Crippen molar-refractivity contribution in [3.05, 3.63) is 52.4 Å². The Balaban J connectivity index is 1.68. The van der Waals surface area contributed by atoms with E-state index in [0.717, 1.165) is 11.0 Å². The maximum atomic E-state index is 12.8. The topological polar surface area (TPSA) is 76.7 Å². The van der Waals surface area contributed by atoms with Crippen molar-refractivity contribution in [3.63, 3.8) is 0 Å². The van der Waals surface area contributed by atoms with Crippen LogP contribution in [0.5, 0.6) is 5.75 Å². The van der Waals surface area contributed by atoms with Gasteiger partial charge in [-0.1, -0.05) is 39.3 Å². The average Bonchev–Trinajstić information content (AvgIpc) is 2.68. The molecule has 0 bridgehead atoms. The number of ether oxygens (including phenoxy) is 1. The summed E-state index contributed by atoms with van der Waals surface area (Å²) in [5.74, 6) is 0.891. The molecule has 160 valence electrons. The Hall–Kier alpha value is -2.40. The monoisotopic (exact) mass is 410 g/mol. The predicted molar refractivity (Wildman–Crippen MR) is 115 cm³/mol. The summed E-state index contributed by atoms with van der Waals surface area (Å²) in [6.07, 6.45) is 2.44.